The number of hydrogen-bond donors (Lipinski definition) is 1. The Labute approximate surface area is 115 Å². The van der Waals surface area contributed by atoms with Gasteiger partial charge in [-0.15, -0.1) is 0 Å². The molecule has 1 aliphatic rings. The van der Waals surface area contributed by atoms with E-state index >= 15 is 0 Å². The van der Waals surface area contributed by atoms with E-state index in [-0.39, 0.29) is 5.88 Å². The third-order valence-corrected chi connectivity index (χ3v) is 3.81. The van der Waals surface area contributed by atoms with Gasteiger partial charge in [0.1, 0.15) is 5.69 Å². The summed E-state index contributed by atoms with van der Waals surface area (Å²) in [5, 5.41) is 10.8. The molecule has 0 spiro atoms. The Kier molecular flexibility index (Phi) is 2.91. The topological polar surface area (TPSA) is 50.4 Å². The van der Waals surface area contributed by atoms with Crippen LogP contribution in [0.25, 0.3) is 11.6 Å². The van der Waals surface area contributed by atoms with Gasteiger partial charge in [0.2, 0.25) is 5.88 Å². The smallest absolute Gasteiger partial charge is 0.219 e. The van der Waals surface area contributed by atoms with Crippen LogP contribution in [0.1, 0.15) is 11.3 Å². The number of benzene rings is 1. The van der Waals surface area contributed by atoms with E-state index in [1.54, 1.807) is 17.8 Å². The van der Waals surface area contributed by atoms with Crippen LogP contribution in [-0.2, 0) is 7.05 Å². The predicted octanol–water partition coefficient (Wildman–Crippen LogP) is 3.10. The maximum atomic E-state index is 10.1. The van der Waals surface area contributed by atoms with Crippen LogP contribution < -0.4 is 0 Å². The van der Waals surface area contributed by atoms with Crippen molar-refractivity contribution in [3.63, 3.8) is 0 Å². The van der Waals surface area contributed by atoms with Gasteiger partial charge in [-0.05, 0) is 18.4 Å². The molecule has 2 aromatic rings. The first-order valence-corrected chi connectivity index (χ1v) is 7.08. The van der Waals surface area contributed by atoms with Crippen molar-refractivity contribution < 1.29 is 5.11 Å². The standard InChI is InChI=1S/C14H13N3OS/c1-17-13(18)12(16-14(17)19-2)7-9-8-15-11-6-4-3-5-10(9)11/h3-8,18H,1-2H3. The molecule has 0 saturated heterocycles. The maximum absolute atomic E-state index is 10.1. The Hall–Kier alpha value is -2.01. The second-order valence-electron chi connectivity index (χ2n) is 4.24. The summed E-state index contributed by atoms with van der Waals surface area (Å²) in [5.74, 6) is 0.176. The van der Waals surface area contributed by atoms with Gasteiger partial charge in [0, 0.05) is 24.4 Å². The van der Waals surface area contributed by atoms with Gasteiger partial charge >= 0.3 is 0 Å². The molecule has 0 saturated carbocycles. The van der Waals surface area contributed by atoms with Crippen LogP contribution in [0.5, 0.6) is 5.88 Å². The van der Waals surface area contributed by atoms with Crippen LogP contribution in [0, 0.1) is 0 Å². The molecule has 2 heterocycles. The SMILES string of the molecule is CSc1nc(C=C2C=Nc3ccccc32)c(O)n1C. The van der Waals surface area contributed by atoms with Crippen LogP contribution in [0.4, 0.5) is 5.69 Å². The minimum atomic E-state index is 0.176. The zero-order valence-corrected chi connectivity index (χ0v) is 11.5. The lowest BCUT2D eigenvalue weighted by Gasteiger charge is -1.98. The van der Waals surface area contributed by atoms with E-state index in [1.807, 2.05) is 36.6 Å². The molecule has 96 valence electrons. The van der Waals surface area contributed by atoms with Crippen molar-refractivity contribution in [3.8, 4) is 5.88 Å². The lowest BCUT2D eigenvalue weighted by atomic mass is 10.1. The third kappa shape index (κ3) is 1.96. The number of nitrogens with zero attached hydrogens (tertiary/aromatic N) is 3. The van der Waals surface area contributed by atoms with Crippen molar-refractivity contribution >= 4 is 35.3 Å². The monoisotopic (exact) mass is 271 g/mol. The largest absolute Gasteiger partial charge is 0.493 e. The number of aromatic nitrogens is 2. The molecule has 0 bridgehead atoms. The van der Waals surface area contributed by atoms with Crippen molar-refractivity contribution in [1.82, 2.24) is 9.55 Å². The summed E-state index contributed by atoms with van der Waals surface area (Å²) in [6, 6.07) is 7.93. The van der Waals surface area contributed by atoms with Crippen molar-refractivity contribution in [1.29, 1.82) is 0 Å². The highest BCUT2D eigenvalue weighted by atomic mass is 32.2. The predicted molar refractivity (Wildman–Crippen MR) is 79.1 cm³/mol. The number of fused-ring (bicyclic) bond motifs is 1. The fourth-order valence-corrected chi connectivity index (χ4v) is 2.62. The molecule has 1 aromatic carbocycles. The summed E-state index contributed by atoms with van der Waals surface area (Å²) in [6.07, 6.45) is 5.60. The van der Waals surface area contributed by atoms with Crippen LogP contribution >= 0.6 is 11.8 Å². The molecule has 0 fully saturated rings. The number of imidazole rings is 1. The third-order valence-electron chi connectivity index (χ3n) is 3.08. The van der Waals surface area contributed by atoms with E-state index in [1.165, 1.54) is 11.8 Å². The molecule has 5 heteroatoms. The molecule has 4 nitrogen and oxygen atoms in total. The number of aromatic hydroxyl groups is 1. The Morgan fingerprint density at radius 1 is 1.32 bits per heavy atom. The van der Waals surface area contributed by atoms with Crippen molar-refractivity contribution in [2.24, 2.45) is 12.0 Å². The van der Waals surface area contributed by atoms with Crippen molar-refractivity contribution in [3.05, 3.63) is 35.5 Å². The van der Waals surface area contributed by atoms with Crippen LogP contribution in [0.3, 0.4) is 0 Å². The summed E-state index contributed by atoms with van der Waals surface area (Å²) in [5.41, 5.74) is 3.56. The first-order chi connectivity index (χ1) is 9.20. The number of para-hydroxylation sites is 1. The first kappa shape index (κ1) is 12.0. The minimum Gasteiger partial charge on any atom is -0.493 e. The van der Waals surface area contributed by atoms with Crippen LogP contribution in [0.15, 0.2) is 34.4 Å². The Bertz CT molecular complexity index is 701. The molecule has 19 heavy (non-hydrogen) atoms. The van der Waals surface area contributed by atoms with Gasteiger partial charge in [0.05, 0.1) is 5.69 Å². The molecule has 0 aliphatic carbocycles. The van der Waals surface area contributed by atoms with Crippen LogP contribution in [-0.4, -0.2) is 27.1 Å². The molecule has 1 aromatic heterocycles. The van der Waals surface area contributed by atoms with Gasteiger partial charge in [0.25, 0.3) is 0 Å². The lowest BCUT2D eigenvalue weighted by Crippen LogP contribution is -1.88. The zero-order chi connectivity index (χ0) is 13.4. The lowest BCUT2D eigenvalue weighted by molar-refractivity contribution is 0.424. The molecule has 1 aliphatic heterocycles. The zero-order valence-electron chi connectivity index (χ0n) is 10.7. The van der Waals surface area contributed by atoms with Crippen molar-refractivity contribution in [2.75, 3.05) is 6.26 Å². The van der Waals surface area contributed by atoms with Gasteiger partial charge in [-0.1, -0.05) is 30.0 Å². The summed E-state index contributed by atoms with van der Waals surface area (Å²) in [6.45, 7) is 0. The highest BCUT2D eigenvalue weighted by Crippen LogP contribution is 2.34. The van der Waals surface area contributed by atoms with E-state index < -0.39 is 0 Å². The summed E-state index contributed by atoms with van der Waals surface area (Å²) in [4.78, 5) is 8.74. The van der Waals surface area contributed by atoms with E-state index in [4.69, 9.17) is 0 Å². The average Bonchev–Trinajstić information content (AvgIpc) is 2.96. The van der Waals surface area contributed by atoms with Crippen LogP contribution in [0.2, 0.25) is 0 Å². The van der Waals surface area contributed by atoms with Gasteiger partial charge in [-0.3, -0.25) is 9.56 Å². The number of allylic oxidation sites excluding steroid dienone is 1. The van der Waals surface area contributed by atoms with Gasteiger partial charge in [-0.2, -0.15) is 0 Å². The molecule has 0 radical (unpaired) electrons. The van der Waals surface area contributed by atoms with E-state index in [9.17, 15) is 5.11 Å². The Balaban J connectivity index is 2.07. The number of thioether (sulfide) groups is 1. The number of rotatable bonds is 2. The molecule has 0 atom stereocenters. The normalized spacial score (nSPS) is 15.2. The number of aliphatic imine (C=N–C) groups is 1. The first-order valence-electron chi connectivity index (χ1n) is 5.85. The van der Waals surface area contributed by atoms with Gasteiger partial charge in [0.15, 0.2) is 5.16 Å². The van der Waals surface area contributed by atoms with Gasteiger partial charge in [-0.25, -0.2) is 4.98 Å². The van der Waals surface area contributed by atoms with Gasteiger partial charge < -0.3 is 5.11 Å². The Morgan fingerprint density at radius 3 is 2.84 bits per heavy atom. The summed E-state index contributed by atoms with van der Waals surface area (Å²) >= 11 is 1.50. The molecule has 0 amide bonds. The summed E-state index contributed by atoms with van der Waals surface area (Å²) < 4.78 is 1.68. The van der Waals surface area contributed by atoms with E-state index in [0.29, 0.717) is 5.69 Å². The molecular weight excluding hydrogens is 258 g/mol. The highest BCUT2D eigenvalue weighted by molar-refractivity contribution is 7.98. The highest BCUT2D eigenvalue weighted by Gasteiger charge is 2.15. The molecule has 3 rings (SSSR count). The fraction of sp³-hybridized carbons (Fsp3) is 0.143. The Morgan fingerprint density at radius 2 is 2.11 bits per heavy atom. The number of hydrogen-bond acceptors (Lipinski definition) is 4. The molecule has 0 unspecified atom stereocenters. The minimum absolute atomic E-state index is 0.176. The second-order valence-corrected chi connectivity index (χ2v) is 5.01. The summed E-state index contributed by atoms with van der Waals surface area (Å²) in [7, 11) is 1.80. The average molecular weight is 271 g/mol. The molecular formula is C14H13N3OS. The molecule has 1 N–H and O–H groups in total. The van der Waals surface area contributed by atoms with E-state index in [0.717, 1.165) is 22.0 Å². The maximum Gasteiger partial charge on any atom is 0.219 e. The van der Waals surface area contributed by atoms with E-state index in [2.05, 4.69) is 9.98 Å². The second kappa shape index (κ2) is 4.59. The fourth-order valence-electron chi connectivity index (χ4n) is 2.07. The quantitative estimate of drug-likeness (QED) is 0.854. The van der Waals surface area contributed by atoms with Crippen molar-refractivity contribution in [2.45, 2.75) is 5.16 Å².